The maximum Gasteiger partial charge on any atom is 0.0822 e. The standard InChI is InChI=1S/C14H30O2/c1-3-5-7-9-10-12-14-16-15-13-11-8-6-4-2/h3-14H2,1-2H3. The second kappa shape index (κ2) is 14.9. The highest BCUT2D eigenvalue weighted by atomic mass is 17.2. The fraction of sp³-hybridized carbons (Fsp3) is 1.00. The molecule has 0 saturated carbocycles. The van der Waals surface area contributed by atoms with E-state index in [-0.39, 0.29) is 0 Å². The molecule has 0 bridgehead atoms. The zero-order chi connectivity index (χ0) is 11.9. The van der Waals surface area contributed by atoms with Crippen LogP contribution in [-0.2, 0) is 9.78 Å². The first-order chi connectivity index (χ1) is 7.91. The highest BCUT2D eigenvalue weighted by Crippen LogP contribution is 2.05. The molecule has 0 saturated heterocycles. The second-order valence-corrected chi connectivity index (χ2v) is 4.47. The molecule has 0 N–H and O–H groups in total. The Kier molecular flexibility index (Phi) is 14.8. The van der Waals surface area contributed by atoms with Gasteiger partial charge in [0.2, 0.25) is 0 Å². The van der Waals surface area contributed by atoms with Gasteiger partial charge in [-0.15, -0.1) is 0 Å². The Hall–Kier alpha value is -0.0800. The summed E-state index contributed by atoms with van der Waals surface area (Å²) in [6.45, 7) is 5.99. The van der Waals surface area contributed by atoms with Crippen LogP contribution < -0.4 is 0 Å². The molecule has 0 aliphatic carbocycles. The van der Waals surface area contributed by atoms with E-state index < -0.39 is 0 Å². The average molecular weight is 230 g/mol. The Balaban J connectivity index is 2.83. The van der Waals surface area contributed by atoms with E-state index in [2.05, 4.69) is 13.8 Å². The van der Waals surface area contributed by atoms with Crippen LogP contribution in [0.25, 0.3) is 0 Å². The molecule has 0 amide bonds. The molecule has 0 aromatic carbocycles. The molecule has 0 fully saturated rings. The number of hydrogen-bond donors (Lipinski definition) is 0. The normalized spacial score (nSPS) is 10.9. The van der Waals surface area contributed by atoms with Gasteiger partial charge in [-0.25, -0.2) is 9.78 Å². The molecule has 0 heterocycles. The summed E-state index contributed by atoms with van der Waals surface area (Å²) in [6.07, 6.45) is 12.8. The predicted molar refractivity (Wildman–Crippen MR) is 69.4 cm³/mol. The summed E-state index contributed by atoms with van der Waals surface area (Å²) in [5, 5.41) is 0. The molecule has 0 aromatic rings. The summed E-state index contributed by atoms with van der Waals surface area (Å²) in [5.41, 5.74) is 0. The molecule has 2 nitrogen and oxygen atoms in total. The van der Waals surface area contributed by atoms with Gasteiger partial charge in [-0.05, 0) is 12.8 Å². The lowest BCUT2D eigenvalue weighted by Crippen LogP contribution is -1.98. The number of rotatable bonds is 13. The van der Waals surface area contributed by atoms with Crippen LogP contribution in [0.5, 0.6) is 0 Å². The fourth-order valence-electron chi connectivity index (χ4n) is 1.65. The van der Waals surface area contributed by atoms with E-state index in [1.807, 2.05) is 0 Å². The Morgan fingerprint density at radius 1 is 0.500 bits per heavy atom. The lowest BCUT2D eigenvalue weighted by atomic mass is 10.1. The van der Waals surface area contributed by atoms with Crippen molar-refractivity contribution in [1.82, 2.24) is 0 Å². The Morgan fingerprint density at radius 2 is 0.875 bits per heavy atom. The summed E-state index contributed by atoms with van der Waals surface area (Å²) in [4.78, 5) is 10.2. The van der Waals surface area contributed by atoms with E-state index in [0.717, 1.165) is 26.1 Å². The van der Waals surface area contributed by atoms with Gasteiger partial charge >= 0.3 is 0 Å². The third-order valence-corrected chi connectivity index (χ3v) is 2.75. The van der Waals surface area contributed by atoms with E-state index in [1.165, 1.54) is 51.4 Å². The fourth-order valence-corrected chi connectivity index (χ4v) is 1.65. The van der Waals surface area contributed by atoms with Crippen LogP contribution in [0.15, 0.2) is 0 Å². The van der Waals surface area contributed by atoms with E-state index >= 15 is 0 Å². The summed E-state index contributed by atoms with van der Waals surface area (Å²) in [6, 6.07) is 0. The van der Waals surface area contributed by atoms with Crippen LogP contribution in [0, 0.1) is 0 Å². The van der Waals surface area contributed by atoms with Crippen molar-refractivity contribution in [3.8, 4) is 0 Å². The van der Waals surface area contributed by atoms with Crippen LogP contribution in [0.3, 0.4) is 0 Å². The van der Waals surface area contributed by atoms with Gasteiger partial charge in [0.25, 0.3) is 0 Å². The zero-order valence-corrected chi connectivity index (χ0v) is 11.3. The van der Waals surface area contributed by atoms with Gasteiger partial charge in [0.05, 0.1) is 13.2 Å². The van der Waals surface area contributed by atoms with Gasteiger partial charge in [-0.2, -0.15) is 0 Å². The van der Waals surface area contributed by atoms with Crippen molar-refractivity contribution in [2.24, 2.45) is 0 Å². The van der Waals surface area contributed by atoms with Crippen molar-refractivity contribution in [3.05, 3.63) is 0 Å². The maximum absolute atomic E-state index is 5.12. The van der Waals surface area contributed by atoms with Crippen LogP contribution in [-0.4, -0.2) is 13.2 Å². The van der Waals surface area contributed by atoms with Gasteiger partial charge in [-0.3, -0.25) is 0 Å². The highest BCUT2D eigenvalue weighted by molar-refractivity contribution is 4.42. The zero-order valence-electron chi connectivity index (χ0n) is 11.3. The van der Waals surface area contributed by atoms with Crippen molar-refractivity contribution in [2.75, 3.05) is 13.2 Å². The monoisotopic (exact) mass is 230 g/mol. The van der Waals surface area contributed by atoms with E-state index in [1.54, 1.807) is 0 Å². The molecule has 0 spiro atoms. The van der Waals surface area contributed by atoms with Crippen molar-refractivity contribution >= 4 is 0 Å². The maximum atomic E-state index is 5.12. The molecule has 2 heteroatoms. The number of hydrogen-bond acceptors (Lipinski definition) is 2. The molecule has 16 heavy (non-hydrogen) atoms. The van der Waals surface area contributed by atoms with E-state index in [0.29, 0.717) is 0 Å². The second-order valence-electron chi connectivity index (χ2n) is 4.47. The minimum absolute atomic E-state index is 0.760. The molecule has 0 unspecified atom stereocenters. The summed E-state index contributed by atoms with van der Waals surface area (Å²) >= 11 is 0. The Bertz CT molecular complexity index is 101. The van der Waals surface area contributed by atoms with Crippen LogP contribution in [0.1, 0.15) is 78.1 Å². The van der Waals surface area contributed by atoms with Gasteiger partial charge in [0.15, 0.2) is 0 Å². The first kappa shape index (κ1) is 15.9. The quantitative estimate of drug-likeness (QED) is 0.255. The van der Waals surface area contributed by atoms with Crippen molar-refractivity contribution in [1.29, 1.82) is 0 Å². The van der Waals surface area contributed by atoms with Gasteiger partial charge in [0, 0.05) is 0 Å². The van der Waals surface area contributed by atoms with Crippen molar-refractivity contribution in [3.63, 3.8) is 0 Å². The molecule has 0 rings (SSSR count). The van der Waals surface area contributed by atoms with Crippen molar-refractivity contribution < 1.29 is 9.78 Å². The summed E-state index contributed by atoms with van der Waals surface area (Å²) < 4.78 is 0. The smallest absolute Gasteiger partial charge is 0.0822 e. The van der Waals surface area contributed by atoms with Crippen molar-refractivity contribution in [2.45, 2.75) is 78.1 Å². The molecule has 0 atom stereocenters. The SMILES string of the molecule is CCCCCCCCOOCCCCCC. The van der Waals surface area contributed by atoms with Crippen LogP contribution >= 0.6 is 0 Å². The molecule has 0 aromatic heterocycles. The largest absolute Gasteiger partial charge is 0.237 e. The number of unbranched alkanes of at least 4 members (excludes halogenated alkanes) is 8. The topological polar surface area (TPSA) is 18.5 Å². The van der Waals surface area contributed by atoms with Crippen LogP contribution in [0.4, 0.5) is 0 Å². The van der Waals surface area contributed by atoms with Gasteiger partial charge < -0.3 is 0 Å². The van der Waals surface area contributed by atoms with E-state index in [4.69, 9.17) is 9.78 Å². The summed E-state index contributed by atoms with van der Waals surface area (Å²) in [7, 11) is 0. The Labute approximate surface area is 102 Å². The molecular formula is C14H30O2. The minimum Gasteiger partial charge on any atom is -0.237 e. The predicted octanol–water partition coefficient (Wildman–Crippen LogP) is 4.88. The van der Waals surface area contributed by atoms with Crippen LogP contribution in [0.2, 0.25) is 0 Å². The van der Waals surface area contributed by atoms with E-state index in [9.17, 15) is 0 Å². The van der Waals surface area contributed by atoms with Gasteiger partial charge in [0.1, 0.15) is 0 Å². The molecule has 0 aliphatic heterocycles. The third-order valence-electron chi connectivity index (χ3n) is 2.75. The van der Waals surface area contributed by atoms with Gasteiger partial charge in [-0.1, -0.05) is 65.2 Å². The molecule has 0 radical (unpaired) electrons. The third kappa shape index (κ3) is 13.9. The summed E-state index contributed by atoms with van der Waals surface area (Å²) in [5.74, 6) is 0. The molecule has 98 valence electrons. The first-order valence-electron chi connectivity index (χ1n) is 7.16. The molecular weight excluding hydrogens is 200 g/mol. The lowest BCUT2D eigenvalue weighted by Gasteiger charge is -2.04. The Morgan fingerprint density at radius 3 is 1.38 bits per heavy atom. The lowest BCUT2D eigenvalue weighted by molar-refractivity contribution is -0.295. The minimum atomic E-state index is 0.760. The average Bonchev–Trinajstić information content (AvgIpc) is 2.31. The first-order valence-corrected chi connectivity index (χ1v) is 7.16. The highest BCUT2D eigenvalue weighted by Gasteiger charge is 1.92. The molecule has 0 aliphatic rings.